The molecule has 0 fully saturated rings. The van der Waals surface area contributed by atoms with Crippen molar-refractivity contribution in [1.82, 2.24) is 0 Å². The summed E-state index contributed by atoms with van der Waals surface area (Å²) in [7, 11) is 0. The molecule has 1 N–H and O–H groups in total. The van der Waals surface area contributed by atoms with Crippen LogP contribution in [0.25, 0.3) is 0 Å². The van der Waals surface area contributed by atoms with E-state index in [0.717, 1.165) is 10.0 Å². The summed E-state index contributed by atoms with van der Waals surface area (Å²) in [6, 6.07) is 7.56. The van der Waals surface area contributed by atoms with Crippen molar-refractivity contribution in [3.8, 4) is 6.07 Å². The number of aliphatic hydroxyl groups excluding tert-OH is 1. The maximum Gasteiger partial charge on any atom is 0.0994 e. The van der Waals surface area contributed by atoms with Crippen LogP contribution in [0.5, 0.6) is 0 Å². The average molecular weight is 240 g/mol. The predicted octanol–water partition coefficient (Wildman–Crippen LogP) is 2.42. The Labute approximate surface area is 85.9 Å². The Kier molecular flexibility index (Phi) is 3.47. The molecule has 2 nitrogen and oxygen atoms in total. The Bertz CT molecular complexity index is 343. The molecule has 1 aromatic carbocycles. The van der Waals surface area contributed by atoms with E-state index in [9.17, 15) is 0 Å². The molecule has 0 aromatic heterocycles. The molecule has 1 aromatic rings. The van der Waals surface area contributed by atoms with Crippen LogP contribution in [-0.4, -0.2) is 11.7 Å². The summed E-state index contributed by atoms with van der Waals surface area (Å²) in [4.78, 5) is 0. The molecular weight excluding hydrogens is 230 g/mol. The van der Waals surface area contributed by atoms with Crippen molar-refractivity contribution in [2.75, 3.05) is 6.61 Å². The van der Waals surface area contributed by atoms with Gasteiger partial charge >= 0.3 is 0 Å². The molecule has 3 heteroatoms. The highest BCUT2D eigenvalue weighted by Crippen LogP contribution is 2.23. The number of benzene rings is 1. The second-order valence-corrected chi connectivity index (χ2v) is 3.84. The third kappa shape index (κ3) is 2.30. The van der Waals surface area contributed by atoms with Gasteiger partial charge in [-0.25, -0.2) is 0 Å². The first-order chi connectivity index (χ1) is 6.19. The highest BCUT2D eigenvalue weighted by molar-refractivity contribution is 9.10. The quantitative estimate of drug-likeness (QED) is 0.862. The smallest absolute Gasteiger partial charge is 0.0994 e. The van der Waals surface area contributed by atoms with Crippen LogP contribution in [0.2, 0.25) is 0 Å². The summed E-state index contributed by atoms with van der Waals surface area (Å²) in [5, 5.41) is 17.8. The van der Waals surface area contributed by atoms with Gasteiger partial charge in [-0.2, -0.15) is 5.26 Å². The van der Waals surface area contributed by atoms with Gasteiger partial charge in [-0.3, -0.25) is 0 Å². The van der Waals surface area contributed by atoms with Gasteiger partial charge in [0.25, 0.3) is 0 Å². The largest absolute Gasteiger partial charge is 0.396 e. The Morgan fingerprint density at radius 1 is 1.62 bits per heavy atom. The molecule has 0 saturated carbocycles. The molecule has 0 heterocycles. The maximum atomic E-state index is 8.97. The van der Waals surface area contributed by atoms with E-state index in [1.165, 1.54) is 0 Å². The van der Waals surface area contributed by atoms with Crippen LogP contribution in [0.3, 0.4) is 0 Å². The van der Waals surface area contributed by atoms with Crippen LogP contribution in [0.15, 0.2) is 22.7 Å². The summed E-state index contributed by atoms with van der Waals surface area (Å²) < 4.78 is 0.932. The van der Waals surface area contributed by atoms with Gasteiger partial charge in [0.2, 0.25) is 0 Å². The molecule has 0 amide bonds. The fraction of sp³-hybridized carbons (Fsp3) is 0.300. The summed E-state index contributed by atoms with van der Waals surface area (Å²) in [5.41, 5.74) is 1.52. The van der Waals surface area contributed by atoms with Crippen LogP contribution in [-0.2, 0) is 0 Å². The minimum absolute atomic E-state index is 0.00662. The van der Waals surface area contributed by atoms with Crippen molar-refractivity contribution in [3.05, 3.63) is 33.8 Å². The van der Waals surface area contributed by atoms with Gasteiger partial charge in [-0.05, 0) is 23.8 Å². The highest BCUT2D eigenvalue weighted by atomic mass is 79.9. The number of nitrogens with zero attached hydrogens (tertiary/aromatic N) is 1. The van der Waals surface area contributed by atoms with Crippen molar-refractivity contribution in [2.45, 2.75) is 12.8 Å². The summed E-state index contributed by atoms with van der Waals surface area (Å²) in [6.45, 7) is 1.95. The molecule has 0 saturated heterocycles. The van der Waals surface area contributed by atoms with Gasteiger partial charge in [0.15, 0.2) is 0 Å². The third-order valence-corrected chi connectivity index (χ3v) is 2.43. The predicted molar refractivity (Wildman–Crippen MR) is 54.4 cm³/mol. The van der Waals surface area contributed by atoms with E-state index < -0.39 is 0 Å². The summed E-state index contributed by atoms with van der Waals surface area (Å²) in [5.74, 6) is 0.00662. The van der Waals surface area contributed by atoms with Gasteiger partial charge < -0.3 is 5.11 Å². The molecule has 13 heavy (non-hydrogen) atoms. The number of halogens is 1. The lowest BCUT2D eigenvalue weighted by molar-refractivity contribution is 0.273. The molecule has 0 radical (unpaired) electrons. The fourth-order valence-electron chi connectivity index (χ4n) is 1.14. The Morgan fingerprint density at radius 3 is 2.85 bits per heavy atom. The normalized spacial score (nSPS) is 12.2. The molecule has 0 aliphatic rings. The second-order valence-electron chi connectivity index (χ2n) is 2.93. The van der Waals surface area contributed by atoms with Crippen LogP contribution >= 0.6 is 15.9 Å². The molecular formula is C10H10BrNO. The van der Waals surface area contributed by atoms with Crippen LogP contribution in [0.1, 0.15) is 24.0 Å². The van der Waals surface area contributed by atoms with E-state index >= 15 is 0 Å². The van der Waals surface area contributed by atoms with E-state index in [1.54, 1.807) is 6.07 Å². The lowest BCUT2D eigenvalue weighted by Crippen LogP contribution is -2.01. The molecule has 1 rings (SSSR count). The van der Waals surface area contributed by atoms with Crippen molar-refractivity contribution < 1.29 is 5.11 Å². The van der Waals surface area contributed by atoms with Gasteiger partial charge in [0.05, 0.1) is 11.6 Å². The maximum absolute atomic E-state index is 8.97. The molecule has 68 valence electrons. The van der Waals surface area contributed by atoms with Crippen molar-refractivity contribution in [1.29, 1.82) is 5.26 Å². The molecule has 0 aliphatic heterocycles. The van der Waals surface area contributed by atoms with Gasteiger partial charge in [0.1, 0.15) is 0 Å². The zero-order chi connectivity index (χ0) is 9.84. The zero-order valence-corrected chi connectivity index (χ0v) is 8.87. The van der Waals surface area contributed by atoms with Crippen LogP contribution in [0, 0.1) is 11.3 Å². The topological polar surface area (TPSA) is 44.0 Å². The summed E-state index contributed by atoms with van der Waals surface area (Å²) >= 11 is 3.33. The molecule has 0 spiro atoms. The number of hydrogen-bond donors (Lipinski definition) is 1. The van der Waals surface area contributed by atoms with Gasteiger partial charge in [-0.1, -0.05) is 22.9 Å². The standard InChI is InChI=1S/C10H10BrNO/c1-7(6-13)10-4-9(11)3-2-8(10)5-12/h2-4,7,13H,6H2,1H3. The Hall–Kier alpha value is -0.850. The molecule has 0 bridgehead atoms. The Balaban J connectivity index is 3.17. The molecule has 1 unspecified atom stereocenters. The number of aliphatic hydroxyl groups is 1. The SMILES string of the molecule is CC(CO)c1cc(Br)ccc1C#N. The van der Waals surface area contributed by atoms with Crippen molar-refractivity contribution in [2.24, 2.45) is 0 Å². The Morgan fingerprint density at radius 2 is 2.31 bits per heavy atom. The number of nitriles is 1. The molecule has 0 aliphatic carbocycles. The lowest BCUT2D eigenvalue weighted by Gasteiger charge is -2.10. The number of rotatable bonds is 2. The number of hydrogen-bond acceptors (Lipinski definition) is 2. The van der Waals surface area contributed by atoms with E-state index in [2.05, 4.69) is 22.0 Å². The van der Waals surface area contributed by atoms with E-state index in [-0.39, 0.29) is 12.5 Å². The van der Waals surface area contributed by atoms with Crippen molar-refractivity contribution in [3.63, 3.8) is 0 Å². The monoisotopic (exact) mass is 239 g/mol. The fourth-order valence-corrected chi connectivity index (χ4v) is 1.52. The third-order valence-electron chi connectivity index (χ3n) is 1.94. The highest BCUT2D eigenvalue weighted by Gasteiger charge is 2.09. The van der Waals surface area contributed by atoms with E-state index in [1.807, 2.05) is 19.1 Å². The zero-order valence-electron chi connectivity index (χ0n) is 7.29. The molecule has 1 atom stereocenters. The summed E-state index contributed by atoms with van der Waals surface area (Å²) in [6.07, 6.45) is 0. The minimum atomic E-state index is 0.00662. The first-order valence-corrected chi connectivity index (χ1v) is 4.78. The first kappa shape index (κ1) is 10.2. The van der Waals surface area contributed by atoms with Gasteiger partial charge in [0, 0.05) is 17.0 Å². The first-order valence-electron chi connectivity index (χ1n) is 3.99. The average Bonchev–Trinajstić information content (AvgIpc) is 2.16. The van der Waals surface area contributed by atoms with E-state index in [4.69, 9.17) is 10.4 Å². The van der Waals surface area contributed by atoms with Crippen LogP contribution in [0.4, 0.5) is 0 Å². The van der Waals surface area contributed by atoms with Crippen molar-refractivity contribution >= 4 is 15.9 Å². The van der Waals surface area contributed by atoms with Gasteiger partial charge in [-0.15, -0.1) is 0 Å². The second kappa shape index (κ2) is 4.40. The minimum Gasteiger partial charge on any atom is -0.396 e. The van der Waals surface area contributed by atoms with E-state index in [0.29, 0.717) is 5.56 Å². The lowest BCUT2D eigenvalue weighted by atomic mass is 9.97. The van der Waals surface area contributed by atoms with Crippen LogP contribution < -0.4 is 0 Å².